The van der Waals surface area contributed by atoms with Crippen LogP contribution in [0.4, 0.5) is 4.39 Å². The van der Waals surface area contributed by atoms with E-state index in [0.29, 0.717) is 32.5 Å². The van der Waals surface area contributed by atoms with Gasteiger partial charge in [-0.05, 0) is 18.9 Å². The number of rotatable bonds is 4. The van der Waals surface area contributed by atoms with E-state index >= 15 is 0 Å². The fourth-order valence-corrected chi connectivity index (χ4v) is 3.41. The second kappa shape index (κ2) is 6.26. The Kier molecular flexibility index (Phi) is 4.65. The highest BCUT2D eigenvalue weighted by atomic mass is 32.2. The highest BCUT2D eigenvalue weighted by Gasteiger charge is 2.24. The standard InChI is InChI=1S/C12H15FN4O2S/c13-10-7-12(9-15-8-10)20(18,19)16-11-1-4-17(5-2-11)6-3-14/h7-9,11,16H,1-2,4-6H2. The van der Waals surface area contributed by atoms with E-state index in [1.165, 1.54) is 0 Å². The average molecular weight is 298 g/mol. The summed E-state index contributed by atoms with van der Waals surface area (Å²) >= 11 is 0. The molecule has 2 rings (SSSR count). The van der Waals surface area contributed by atoms with E-state index in [2.05, 4.69) is 15.8 Å². The van der Waals surface area contributed by atoms with Gasteiger partial charge in [-0.25, -0.2) is 17.5 Å². The number of nitrogens with zero attached hydrogens (tertiary/aromatic N) is 3. The Bertz CT molecular complexity index is 606. The summed E-state index contributed by atoms with van der Waals surface area (Å²) in [6, 6.07) is 2.82. The van der Waals surface area contributed by atoms with Crippen molar-refractivity contribution in [2.45, 2.75) is 23.8 Å². The van der Waals surface area contributed by atoms with Crippen LogP contribution in [0, 0.1) is 17.1 Å². The molecule has 6 nitrogen and oxygen atoms in total. The monoisotopic (exact) mass is 298 g/mol. The van der Waals surface area contributed by atoms with Gasteiger partial charge >= 0.3 is 0 Å². The van der Waals surface area contributed by atoms with E-state index in [1.807, 2.05) is 4.90 Å². The van der Waals surface area contributed by atoms with Crippen LogP contribution in [-0.4, -0.2) is 44.0 Å². The molecule has 0 atom stereocenters. The molecule has 0 unspecified atom stereocenters. The number of nitriles is 1. The van der Waals surface area contributed by atoms with E-state index in [0.717, 1.165) is 18.5 Å². The van der Waals surface area contributed by atoms with Crippen LogP contribution >= 0.6 is 0 Å². The zero-order chi connectivity index (χ0) is 14.6. The molecule has 1 aliphatic heterocycles. The summed E-state index contributed by atoms with van der Waals surface area (Å²) in [6.45, 7) is 1.69. The molecule has 0 amide bonds. The molecule has 0 bridgehead atoms. The van der Waals surface area contributed by atoms with Crippen LogP contribution in [0.1, 0.15) is 12.8 Å². The molecule has 2 heterocycles. The van der Waals surface area contributed by atoms with Crippen LogP contribution in [0.25, 0.3) is 0 Å². The highest BCUT2D eigenvalue weighted by molar-refractivity contribution is 7.89. The lowest BCUT2D eigenvalue weighted by atomic mass is 10.1. The van der Waals surface area contributed by atoms with Crippen molar-refractivity contribution < 1.29 is 12.8 Å². The number of likely N-dealkylation sites (tertiary alicyclic amines) is 1. The molecule has 1 aliphatic rings. The lowest BCUT2D eigenvalue weighted by Gasteiger charge is -2.30. The topological polar surface area (TPSA) is 86.1 Å². The summed E-state index contributed by atoms with van der Waals surface area (Å²) in [5.74, 6) is -0.684. The van der Waals surface area contributed by atoms with Crippen LogP contribution in [-0.2, 0) is 10.0 Å². The molecule has 1 N–H and O–H groups in total. The van der Waals surface area contributed by atoms with Crippen molar-refractivity contribution in [3.8, 4) is 6.07 Å². The molecule has 0 radical (unpaired) electrons. The zero-order valence-corrected chi connectivity index (χ0v) is 11.6. The second-order valence-corrected chi connectivity index (χ2v) is 6.38. The quantitative estimate of drug-likeness (QED) is 0.817. The molecule has 1 saturated heterocycles. The third-order valence-electron chi connectivity index (χ3n) is 3.19. The van der Waals surface area contributed by atoms with E-state index < -0.39 is 15.8 Å². The number of hydrogen-bond acceptors (Lipinski definition) is 5. The molecule has 8 heteroatoms. The fourth-order valence-electron chi connectivity index (χ4n) is 2.14. The molecule has 0 aliphatic carbocycles. The lowest BCUT2D eigenvalue weighted by Crippen LogP contribution is -2.44. The van der Waals surface area contributed by atoms with Gasteiger partial charge in [-0.1, -0.05) is 0 Å². The molecule has 1 fully saturated rings. The molecule has 1 aromatic heterocycles. The molecule has 108 valence electrons. The predicted octanol–water partition coefficient (Wildman–Crippen LogP) is 0.487. The van der Waals surface area contributed by atoms with E-state index in [1.54, 1.807) is 0 Å². The number of hydrogen-bond donors (Lipinski definition) is 1. The minimum absolute atomic E-state index is 0.169. The van der Waals surface area contributed by atoms with E-state index in [-0.39, 0.29) is 10.9 Å². The predicted molar refractivity (Wildman–Crippen MR) is 69.6 cm³/mol. The first kappa shape index (κ1) is 14.8. The van der Waals surface area contributed by atoms with Gasteiger partial charge in [0, 0.05) is 25.3 Å². The first-order valence-electron chi connectivity index (χ1n) is 6.23. The third kappa shape index (κ3) is 3.72. The minimum Gasteiger partial charge on any atom is -0.290 e. The molecular formula is C12H15FN4O2S. The summed E-state index contributed by atoms with van der Waals surface area (Å²) in [5, 5.41) is 8.60. The van der Waals surface area contributed by atoms with Gasteiger partial charge in [0.25, 0.3) is 0 Å². The molecule has 1 aromatic rings. The molecule has 0 aromatic carbocycles. The van der Waals surface area contributed by atoms with Gasteiger partial charge in [-0.3, -0.25) is 9.88 Å². The average Bonchev–Trinajstić information content (AvgIpc) is 2.41. The number of pyridine rings is 1. The highest BCUT2D eigenvalue weighted by Crippen LogP contribution is 2.14. The van der Waals surface area contributed by atoms with Crippen LogP contribution in [0.15, 0.2) is 23.4 Å². The number of sulfonamides is 1. The smallest absolute Gasteiger partial charge is 0.242 e. The van der Waals surface area contributed by atoms with Crippen molar-refractivity contribution in [3.05, 3.63) is 24.3 Å². The zero-order valence-electron chi connectivity index (χ0n) is 10.8. The largest absolute Gasteiger partial charge is 0.290 e. The van der Waals surface area contributed by atoms with Crippen LogP contribution in [0.5, 0.6) is 0 Å². The van der Waals surface area contributed by atoms with Gasteiger partial charge in [-0.15, -0.1) is 0 Å². The Morgan fingerprint density at radius 1 is 1.45 bits per heavy atom. The summed E-state index contributed by atoms with van der Waals surface area (Å²) in [5.41, 5.74) is 0. The number of piperidine rings is 1. The van der Waals surface area contributed by atoms with E-state index in [9.17, 15) is 12.8 Å². The van der Waals surface area contributed by atoms with Crippen LogP contribution in [0.3, 0.4) is 0 Å². The first-order chi connectivity index (χ1) is 9.51. The number of halogens is 1. The van der Waals surface area contributed by atoms with Gasteiger partial charge < -0.3 is 0 Å². The lowest BCUT2D eigenvalue weighted by molar-refractivity contribution is 0.229. The van der Waals surface area contributed by atoms with Gasteiger partial charge in [0.2, 0.25) is 10.0 Å². The van der Waals surface area contributed by atoms with Crippen molar-refractivity contribution in [3.63, 3.8) is 0 Å². The maximum Gasteiger partial charge on any atom is 0.242 e. The maximum absolute atomic E-state index is 13.0. The number of aromatic nitrogens is 1. The van der Waals surface area contributed by atoms with Crippen molar-refractivity contribution in [2.24, 2.45) is 0 Å². The molecule has 0 saturated carbocycles. The Labute approximate surface area is 117 Å². The fraction of sp³-hybridized carbons (Fsp3) is 0.500. The molecule has 20 heavy (non-hydrogen) atoms. The summed E-state index contributed by atoms with van der Waals surface area (Å²) in [4.78, 5) is 5.34. The van der Waals surface area contributed by atoms with Gasteiger partial charge in [0.1, 0.15) is 10.7 Å². The third-order valence-corrected chi connectivity index (χ3v) is 4.68. The Morgan fingerprint density at radius 3 is 2.75 bits per heavy atom. The Balaban J connectivity index is 1.98. The number of nitrogens with one attached hydrogen (secondary N) is 1. The Morgan fingerprint density at radius 2 is 2.15 bits per heavy atom. The van der Waals surface area contributed by atoms with Crippen LogP contribution in [0.2, 0.25) is 0 Å². The van der Waals surface area contributed by atoms with E-state index in [4.69, 9.17) is 5.26 Å². The van der Waals surface area contributed by atoms with Crippen molar-refractivity contribution in [2.75, 3.05) is 19.6 Å². The van der Waals surface area contributed by atoms with Crippen molar-refractivity contribution in [1.29, 1.82) is 5.26 Å². The second-order valence-electron chi connectivity index (χ2n) is 4.67. The first-order valence-corrected chi connectivity index (χ1v) is 7.72. The SMILES string of the molecule is N#CCN1CCC(NS(=O)(=O)c2cncc(F)c2)CC1. The normalized spacial score (nSPS) is 17.8. The van der Waals surface area contributed by atoms with Gasteiger partial charge in [0.15, 0.2) is 0 Å². The van der Waals surface area contributed by atoms with Crippen molar-refractivity contribution in [1.82, 2.24) is 14.6 Å². The summed E-state index contributed by atoms with van der Waals surface area (Å²) in [6.07, 6.45) is 3.34. The summed E-state index contributed by atoms with van der Waals surface area (Å²) in [7, 11) is -3.75. The van der Waals surface area contributed by atoms with Gasteiger partial charge in [0.05, 0.1) is 18.8 Å². The maximum atomic E-state index is 13.0. The van der Waals surface area contributed by atoms with Crippen molar-refractivity contribution >= 4 is 10.0 Å². The molecule has 0 spiro atoms. The summed E-state index contributed by atoms with van der Waals surface area (Å²) < 4.78 is 39.7. The van der Waals surface area contributed by atoms with Crippen LogP contribution < -0.4 is 4.72 Å². The molecular weight excluding hydrogens is 283 g/mol. The minimum atomic E-state index is -3.75. The van der Waals surface area contributed by atoms with Gasteiger partial charge in [-0.2, -0.15) is 5.26 Å². The Hall–Kier alpha value is -1.56.